The molecular formula is C12H13Cl2NO4S2. The summed E-state index contributed by atoms with van der Waals surface area (Å²) in [6.07, 6.45) is 0. The maximum absolute atomic E-state index is 12.6. The number of sulfonamides is 1. The third-order valence-electron chi connectivity index (χ3n) is 3.00. The van der Waals surface area contributed by atoms with Crippen molar-refractivity contribution in [1.82, 2.24) is 4.31 Å². The lowest BCUT2D eigenvalue weighted by Crippen LogP contribution is -2.44. The van der Waals surface area contributed by atoms with Gasteiger partial charge in [-0.25, -0.2) is 8.42 Å². The Balaban J connectivity index is 2.31. The molecule has 1 heterocycles. The number of methoxy groups -OCH3 is 1. The zero-order valence-electron chi connectivity index (χ0n) is 11.1. The molecule has 0 bridgehead atoms. The fraction of sp³-hybridized carbons (Fsp3) is 0.417. The molecule has 0 saturated carbocycles. The van der Waals surface area contributed by atoms with Gasteiger partial charge in [-0.15, -0.1) is 11.8 Å². The molecular weight excluding hydrogens is 357 g/mol. The minimum atomic E-state index is -3.79. The van der Waals surface area contributed by atoms with Crippen LogP contribution in [-0.2, 0) is 19.6 Å². The highest BCUT2D eigenvalue weighted by Crippen LogP contribution is 2.30. The number of ether oxygens (including phenoxy) is 1. The first kappa shape index (κ1) is 16.9. The molecule has 1 aliphatic rings. The van der Waals surface area contributed by atoms with Gasteiger partial charge in [0.25, 0.3) is 0 Å². The lowest BCUT2D eigenvalue weighted by molar-refractivity contribution is -0.140. The van der Waals surface area contributed by atoms with Gasteiger partial charge in [0.05, 0.1) is 12.1 Å². The van der Waals surface area contributed by atoms with Gasteiger partial charge in [-0.1, -0.05) is 23.2 Å². The van der Waals surface area contributed by atoms with Crippen LogP contribution < -0.4 is 0 Å². The number of hydrogen-bond acceptors (Lipinski definition) is 5. The van der Waals surface area contributed by atoms with Crippen molar-refractivity contribution in [2.45, 2.75) is 10.1 Å². The minimum absolute atomic E-state index is 0.0489. The molecule has 0 aliphatic carbocycles. The Morgan fingerprint density at radius 2 is 2.14 bits per heavy atom. The molecule has 0 spiro atoms. The monoisotopic (exact) mass is 369 g/mol. The fourth-order valence-corrected chi connectivity index (χ4v) is 5.46. The number of carbonyl (C=O) groups excluding carboxylic acids is 1. The summed E-state index contributed by atoms with van der Waals surface area (Å²) in [5.74, 6) is 0.0778. The van der Waals surface area contributed by atoms with E-state index in [1.807, 2.05) is 0 Å². The lowest BCUT2D eigenvalue weighted by Gasteiger charge is -2.30. The predicted octanol–water partition coefficient (Wildman–Crippen LogP) is 2.27. The lowest BCUT2D eigenvalue weighted by atomic mass is 10.4. The van der Waals surface area contributed by atoms with Crippen molar-refractivity contribution >= 4 is 51.0 Å². The number of benzene rings is 1. The molecule has 1 saturated heterocycles. The Morgan fingerprint density at radius 3 is 2.81 bits per heavy atom. The van der Waals surface area contributed by atoms with Crippen LogP contribution in [0.15, 0.2) is 23.1 Å². The quantitative estimate of drug-likeness (QED) is 0.764. The molecule has 0 unspecified atom stereocenters. The van der Waals surface area contributed by atoms with Crippen LogP contribution in [0.1, 0.15) is 0 Å². The van der Waals surface area contributed by atoms with Crippen molar-refractivity contribution in [1.29, 1.82) is 0 Å². The van der Waals surface area contributed by atoms with E-state index in [9.17, 15) is 13.2 Å². The van der Waals surface area contributed by atoms with E-state index in [-0.39, 0.29) is 21.5 Å². The largest absolute Gasteiger partial charge is 0.468 e. The van der Waals surface area contributed by atoms with Gasteiger partial charge < -0.3 is 4.74 Å². The summed E-state index contributed by atoms with van der Waals surface area (Å²) in [7, 11) is -2.51. The van der Waals surface area contributed by atoms with Crippen molar-refractivity contribution in [2.75, 3.05) is 26.0 Å². The van der Waals surface area contributed by atoms with Crippen molar-refractivity contribution in [2.24, 2.45) is 0 Å². The maximum atomic E-state index is 12.6. The second-order valence-corrected chi connectivity index (χ2v) is 8.38. The molecule has 1 aromatic rings. The smallest absolute Gasteiger partial charge is 0.320 e. The summed E-state index contributed by atoms with van der Waals surface area (Å²) in [6.45, 7) is 0.367. The molecule has 0 amide bonds. The molecule has 1 atom stereocenters. The Hall–Kier alpha value is -0.470. The summed E-state index contributed by atoms with van der Waals surface area (Å²) in [5, 5.41) is -0.141. The van der Waals surface area contributed by atoms with E-state index in [1.165, 1.54) is 41.4 Å². The first-order valence-electron chi connectivity index (χ1n) is 6.01. The van der Waals surface area contributed by atoms with Crippen LogP contribution in [0.4, 0.5) is 0 Å². The molecule has 5 nitrogen and oxygen atoms in total. The molecule has 1 aromatic carbocycles. The Labute approximate surface area is 137 Å². The number of esters is 1. The molecule has 0 aromatic heterocycles. The van der Waals surface area contributed by atoms with Crippen LogP contribution >= 0.6 is 35.0 Å². The van der Waals surface area contributed by atoms with Crippen LogP contribution in [-0.4, -0.2) is 49.9 Å². The first-order chi connectivity index (χ1) is 9.86. The Morgan fingerprint density at radius 1 is 1.43 bits per heavy atom. The van der Waals surface area contributed by atoms with Crippen LogP contribution in [0, 0.1) is 0 Å². The average molecular weight is 370 g/mol. The van der Waals surface area contributed by atoms with Crippen molar-refractivity contribution in [3.8, 4) is 0 Å². The van der Waals surface area contributed by atoms with Gasteiger partial charge in [-0.2, -0.15) is 4.31 Å². The van der Waals surface area contributed by atoms with Gasteiger partial charge in [-0.05, 0) is 18.2 Å². The number of nitrogens with zero attached hydrogens (tertiary/aromatic N) is 1. The van der Waals surface area contributed by atoms with E-state index in [2.05, 4.69) is 4.74 Å². The second-order valence-electron chi connectivity index (χ2n) is 4.32. The first-order valence-corrected chi connectivity index (χ1v) is 9.25. The van der Waals surface area contributed by atoms with Gasteiger partial charge in [0.2, 0.25) is 10.0 Å². The van der Waals surface area contributed by atoms with Gasteiger partial charge in [0.15, 0.2) is 0 Å². The molecule has 2 rings (SSSR count). The topological polar surface area (TPSA) is 63.7 Å². The standard InChI is InChI=1S/C12H13Cl2NO4S2/c1-19-12(16)10-7-15(4-5-20-10)21(17,18)11-6-8(13)2-3-9(11)14/h2-3,6,10H,4-5,7H2,1H3/t10-/m1/s1. The van der Waals surface area contributed by atoms with E-state index in [0.29, 0.717) is 12.3 Å². The normalized spacial score (nSPS) is 20.2. The highest BCUT2D eigenvalue weighted by atomic mass is 35.5. The predicted molar refractivity (Wildman–Crippen MR) is 83.5 cm³/mol. The van der Waals surface area contributed by atoms with Gasteiger partial charge in [0, 0.05) is 23.9 Å². The average Bonchev–Trinajstić information content (AvgIpc) is 2.49. The van der Waals surface area contributed by atoms with Gasteiger partial charge in [-0.3, -0.25) is 4.79 Å². The Bertz CT molecular complexity index is 651. The molecule has 9 heteroatoms. The number of thioether (sulfide) groups is 1. The number of carbonyl (C=O) groups is 1. The summed E-state index contributed by atoms with van der Waals surface area (Å²) in [6, 6.07) is 4.27. The van der Waals surface area contributed by atoms with E-state index in [4.69, 9.17) is 23.2 Å². The third kappa shape index (κ3) is 3.65. The van der Waals surface area contributed by atoms with Crippen LogP contribution in [0.3, 0.4) is 0 Å². The molecule has 0 radical (unpaired) electrons. The highest BCUT2D eigenvalue weighted by Gasteiger charge is 2.35. The summed E-state index contributed by atoms with van der Waals surface area (Å²) >= 11 is 13.2. The zero-order valence-corrected chi connectivity index (χ0v) is 14.2. The van der Waals surface area contributed by atoms with Crippen LogP contribution in [0.25, 0.3) is 0 Å². The van der Waals surface area contributed by atoms with E-state index < -0.39 is 21.2 Å². The summed E-state index contributed by atoms with van der Waals surface area (Å²) < 4.78 is 31.2. The molecule has 21 heavy (non-hydrogen) atoms. The summed E-state index contributed by atoms with van der Waals surface area (Å²) in [4.78, 5) is 11.5. The number of rotatable bonds is 3. The summed E-state index contributed by atoms with van der Waals surface area (Å²) in [5.41, 5.74) is 0. The SMILES string of the molecule is COC(=O)[C@H]1CN(S(=O)(=O)c2cc(Cl)ccc2Cl)CCS1. The van der Waals surface area contributed by atoms with Gasteiger partial charge >= 0.3 is 5.97 Å². The van der Waals surface area contributed by atoms with E-state index in [0.717, 1.165) is 0 Å². The van der Waals surface area contributed by atoms with Crippen molar-refractivity contribution < 1.29 is 17.9 Å². The highest BCUT2D eigenvalue weighted by molar-refractivity contribution is 8.00. The van der Waals surface area contributed by atoms with Gasteiger partial charge in [0.1, 0.15) is 10.1 Å². The van der Waals surface area contributed by atoms with Crippen LogP contribution in [0.5, 0.6) is 0 Å². The van der Waals surface area contributed by atoms with E-state index >= 15 is 0 Å². The molecule has 1 aliphatic heterocycles. The molecule has 116 valence electrons. The second kappa shape index (κ2) is 6.75. The third-order valence-corrected chi connectivity index (χ3v) is 6.75. The van der Waals surface area contributed by atoms with Crippen molar-refractivity contribution in [3.63, 3.8) is 0 Å². The molecule has 1 fully saturated rings. The van der Waals surface area contributed by atoms with Crippen molar-refractivity contribution in [3.05, 3.63) is 28.2 Å². The number of halogens is 2. The maximum Gasteiger partial charge on any atom is 0.320 e. The molecule has 0 N–H and O–H groups in total. The van der Waals surface area contributed by atoms with E-state index in [1.54, 1.807) is 0 Å². The Kier molecular flexibility index (Phi) is 5.43. The minimum Gasteiger partial charge on any atom is -0.468 e. The zero-order chi connectivity index (χ0) is 15.6. The van der Waals surface area contributed by atoms with Crippen LogP contribution in [0.2, 0.25) is 10.0 Å². The number of hydrogen-bond donors (Lipinski definition) is 0. The fourth-order valence-electron chi connectivity index (χ4n) is 1.93.